The van der Waals surface area contributed by atoms with E-state index in [9.17, 15) is 4.79 Å². The van der Waals surface area contributed by atoms with Crippen molar-refractivity contribution in [3.05, 3.63) is 54.1 Å². The molecule has 2 aromatic carbocycles. The standard InChI is InChI=1S/C21H24N4O2/c26-20(24-27)16-10-4-5-11-17(16)22-21-23-18-12-6-7-13-19(18)25(21)14-15-8-2-1-3-9-15/h4-7,10-13,15,27H,1-3,8-9,14H2,(H,22,23)(H,24,26). The number of nitrogens with zero attached hydrogens (tertiary/aromatic N) is 2. The summed E-state index contributed by atoms with van der Waals surface area (Å²) in [6, 6.07) is 15.2. The van der Waals surface area contributed by atoms with Crippen LogP contribution in [0.15, 0.2) is 48.5 Å². The molecule has 1 aliphatic carbocycles. The number of benzene rings is 2. The van der Waals surface area contributed by atoms with E-state index in [0.717, 1.165) is 23.5 Å². The summed E-state index contributed by atoms with van der Waals surface area (Å²) in [6.45, 7) is 0.914. The molecule has 27 heavy (non-hydrogen) atoms. The lowest BCUT2D eigenvalue weighted by atomic mass is 9.89. The molecule has 1 heterocycles. The number of para-hydroxylation sites is 3. The quantitative estimate of drug-likeness (QED) is 0.461. The zero-order chi connectivity index (χ0) is 18.6. The predicted octanol–water partition coefficient (Wildman–Crippen LogP) is 4.48. The van der Waals surface area contributed by atoms with Crippen LogP contribution in [0.4, 0.5) is 11.6 Å². The first-order valence-electron chi connectivity index (χ1n) is 9.52. The van der Waals surface area contributed by atoms with E-state index in [1.54, 1.807) is 17.6 Å². The molecule has 3 aromatic rings. The van der Waals surface area contributed by atoms with Crippen LogP contribution in [0.2, 0.25) is 0 Å². The number of anilines is 2. The molecule has 1 fully saturated rings. The first-order valence-corrected chi connectivity index (χ1v) is 9.52. The molecule has 0 aliphatic heterocycles. The summed E-state index contributed by atoms with van der Waals surface area (Å²) in [5.41, 5.74) is 4.72. The lowest BCUT2D eigenvalue weighted by Gasteiger charge is -2.23. The van der Waals surface area contributed by atoms with E-state index in [-0.39, 0.29) is 0 Å². The number of aromatic nitrogens is 2. The molecule has 0 spiro atoms. The number of imidazole rings is 1. The average molecular weight is 364 g/mol. The molecule has 0 bridgehead atoms. The zero-order valence-corrected chi connectivity index (χ0v) is 15.2. The molecule has 1 aromatic heterocycles. The number of hydroxylamine groups is 1. The Hall–Kier alpha value is -2.86. The molecule has 6 nitrogen and oxygen atoms in total. The second-order valence-corrected chi connectivity index (χ2v) is 7.15. The minimum Gasteiger partial charge on any atom is -0.325 e. The highest BCUT2D eigenvalue weighted by Crippen LogP contribution is 2.30. The van der Waals surface area contributed by atoms with Crippen LogP contribution in [0.1, 0.15) is 42.5 Å². The maximum absolute atomic E-state index is 12.0. The summed E-state index contributed by atoms with van der Waals surface area (Å²) in [7, 11) is 0. The van der Waals surface area contributed by atoms with Crippen molar-refractivity contribution < 1.29 is 10.0 Å². The number of fused-ring (bicyclic) bond motifs is 1. The van der Waals surface area contributed by atoms with Crippen molar-refractivity contribution in [1.82, 2.24) is 15.0 Å². The number of hydrogen-bond donors (Lipinski definition) is 3. The van der Waals surface area contributed by atoms with Crippen molar-refractivity contribution in [2.45, 2.75) is 38.6 Å². The van der Waals surface area contributed by atoms with Gasteiger partial charge in [0.2, 0.25) is 5.95 Å². The van der Waals surface area contributed by atoms with Crippen LogP contribution in [-0.2, 0) is 6.54 Å². The lowest BCUT2D eigenvalue weighted by Crippen LogP contribution is -2.20. The van der Waals surface area contributed by atoms with E-state index in [0.29, 0.717) is 17.2 Å². The fourth-order valence-corrected chi connectivity index (χ4v) is 3.95. The largest absolute Gasteiger partial charge is 0.325 e. The summed E-state index contributed by atoms with van der Waals surface area (Å²) >= 11 is 0. The molecule has 3 N–H and O–H groups in total. The maximum Gasteiger partial charge on any atom is 0.276 e. The first-order chi connectivity index (χ1) is 13.3. The summed E-state index contributed by atoms with van der Waals surface area (Å²) in [4.78, 5) is 16.7. The second kappa shape index (κ2) is 7.80. The summed E-state index contributed by atoms with van der Waals surface area (Å²) in [6.07, 6.45) is 6.40. The van der Waals surface area contributed by atoms with Gasteiger partial charge >= 0.3 is 0 Å². The van der Waals surface area contributed by atoms with Gasteiger partial charge in [0.05, 0.1) is 22.3 Å². The fraction of sp³-hybridized carbons (Fsp3) is 0.333. The third-order valence-electron chi connectivity index (χ3n) is 5.34. The van der Waals surface area contributed by atoms with E-state index >= 15 is 0 Å². The predicted molar refractivity (Wildman–Crippen MR) is 105 cm³/mol. The van der Waals surface area contributed by atoms with Crippen molar-refractivity contribution in [2.75, 3.05) is 5.32 Å². The Morgan fingerprint density at radius 3 is 2.63 bits per heavy atom. The van der Waals surface area contributed by atoms with Crippen molar-refractivity contribution in [3.8, 4) is 0 Å². The van der Waals surface area contributed by atoms with Crippen LogP contribution < -0.4 is 10.8 Å². The lowest BCUT2D eigenvalue weighted by molar-refractivity contribution is 0.0707. The Morgan fingerprint density at radius 1 is 1.07 bits per heavy atom. The van der Waals surface area contributed by atoms with Gasteiger partial charge in [-0.3, -0.25) is 10.0 Å². The highest BCUT2D eigenvalue weighted by atomic mass is 16.5. The fourth-order valence-electron chi connectivity index (χ4n) is 3.95. The van der Waals surface area contributed by atoms with Gasteiger partial charge in [0, 0.05) is 6.54 Å². The normalized spacial score (nSPS) is 15.0. The summed E-state index contributed by atoms with van der Waals surface area (Å²) in [5.74, 6) is 0.820. The Kier molecular flexibility index (Phi) is 5.07. The Bertz CT molecular complexity index is 944. The van der Waals surface area contributed by atoms with Gasteiger partial charge in [-0.15, -0.1) is 0 Å². The van der Waals surface area contributed by atoms with Gasteiger partial charge in [-0.1, -0.05) is 43.5 Å². The van der Waals surface area contributed by atoms with E-state index in [1.165, 1.54) is 32.1 Å². The molecule has 4 rings (SSSR count). The number of amides is 1. The summed E-state index contributed by atoms with van der Waals surface area (Å²) in [5, 5.41) is 12.3. The monoisotopic (exact) mass is 364 g/mol. The second-order valence-electron chi connectivity index (χ2n) is 7.15. The smallest absolute Gasteiger partial charge is 0.276 e. The molecule has 1 aliphatic rings. The van der Waals surface area contributed by atoms with Crippen LogP contribution in [0.5, 0.6) is 0 Å². The molecule has 1 amide bonds. The van der Waals surface area contributed by atoms with Crippen LogP contribution in [0.3, 0.4) is 0 Å². The van der Waals surface area contributed by atoms with Crippen molar-refractivity contribution in [2.24, 2.45) is 5.92 Å². The Morgan fingerprint density at radius 2 is 1.81 bits per heavy atom. The van der Waals surface area contributed by atoms with E-state index < -0.39 is 5.91 Å². The van der Waals surface area contributed by atoms with Crippen LogP contribution >= 0.6 is 0 Å². The SMILES string of the molecule is O=C(NO)c1ccccc1Nc1nc2ccccc2n1CC1CCCCC1. The van der Waals surface area contributed by atoms with Gasteiger partial charge in [0.1, 0.15) is 0 Å². The highest BCUT2D eigenvalue weighted by Gasteiger charge is 2.19. The molecule has 140 valence electrons. The van der Waals surface area contributed by atoms with Crippen molar-refractivity contribution in [3.63, 3.8) is 0 Å². The topological polar surface area (TPSA) is 79.2 Å². The zero-order valence-electron chi connectivity index (χ0n) is 15.2. The molecule has 0 unspecified atom stereocenters. The molecular weight excluding hydrogens is 340 g/mol. The number of carbonyl (C=O) groups is 1. The van der Waals surface area contributed by atoms with E-state index in [1.807, 2.05) is 30.3 Å². The van der Waals surface area contributed by atoms with Crippen molar-refractivity contribution >= 4 is 28.6 Å². The van der Waals surface area contributed by atoms with E-state index in [2.05, 4.69) is 16.0 Å². The number of nitrogens with one attached hydrogen (secondary N) is 2. The van der Waals surface area contributed by atoms with Gasteiger partial charge in [-0.25, -0.2) is 10.5 Å². The van der Waals surface area contributed by atoms with Crippen LogP contribution in [0.25, 0.3) is 11.0 Å². The van der Waals surface area contributed by atoms with Gasteiger partial charge in [0.15, 0.2) is 0 Å². The first kappa shape index (κ1) is 17.5. The van der Waals surface area contributed by atoms with Gasteiger partial charge in [-0.2, -0.15) is 0 Å². The van der Waals surface area contributed by atoms with Gasteiger partial charge in [-0.05, 0) is 43.0 Å². The maximum atomic E-state index is 12.0. The molecule has 1 saturated carbocycles. The van der Waals surface area contributed by atoms with Crippen LogP contribution in [-0.4, -0.2) is 20.7 Å². The number of rotatable bonds is 5. The van der Waals surface area contributed by atoms with Crippen LogP contribution in [0, 0.1) is 5.92 Å². The number of hydrogen-bond acceptors (Lipinski definition) is 4. The average Bonchev–Trinajstić information content (AvgIpc) is 3.06. The Labute approximate surface area is 158 Å². The van der Waals surface area contributed by atoms with E-state index in [4.69, 9.17) is 10.2 Å². The molecule has 6 heteroatoms. The minimum absolute atomic E-state index is 0.372. The molecular formula is C21H24N4O2. The summed E-state index contributed by atoms with van der Waals surface area (Å²) < 4.78 is 2.22. The van der Waals surface area contributed by atoms with Gasteiger partial charge < -0.3 is 9.88 Å². The minimum atomic E-state index is -0.548. The van der Waals surface area contributed by atoms with Gasteiger partial charge in [0.25, 0.3) is 5.91 Å². The molecule has 0 radical (unpaired) electrons. The molecule has 0 atom stereocenters. The third-order valence-corrected chi connectivity index (χ3v) is 5.34. The van der Waals surface area contributed by atoms with Crippen molar-refractivity contribution in [1.29, 1.82) is 0 Å². The third kappa shape index (κ3) is 3.66. The number of carbonyl (C=O) groups excluding carboxylic acids is 1. The highest BCUT2D eigenvalue weighted by molar-refractivity contribution is 5.99. The Balaban J connectivity index is 1.71. The molecule has 0 saturated heterocycles.